The quantitative estimate of drug-likeness (QED) is 0.723. The molecule has 0 saturated carbocycles. The molecule has 0 aliphatic carbocycles. The number of carbonyl (C=O) groups excluding carboxylic acids is 1. The molecule has 2 aromatic rings. The lowest BCUT2D eigenvalue weighted by Gasteiger charge is -2.38. The Balaban J connectivity index is 1.77. The van der Waals surface area contributed by atoms with Crippen LogP contribution in [-0.4, -0.2) is 43.6 Å². The molecular formula is C22H30N2O3. The molecule has 1 fully saturated rings. The smallest absolute Gasteiger partial charge is 0.294 e. The standard InChI is InChI=1S/C22H30N2O3/c1-17(2)9-12-23-13-10-18(11-14-23)24(22(25)21-8-5-15-27-21)19-6-4-7-20(16-19)26-3/h4-8,15-18H,9-14H2,1-3H3. The Morgan fingerprint density at radius 2 is 2.04 bits per heavy atom. The second-order valence-electron chi connectivity index (χ2n) is 7.61. The van der Waals surface area contributed by atoms with Crippen molar-refractivity contribution in [1.29, 1.82) is 0 Å². The molecule has 0 unspecified atom stereocenters. The van der Waals surface area contributed by atoms with Crippen molar-refractivity contribution in [2.45, 2.75) is 39.2 Å². The Morgan fingerprint density at radius 1 is 1.26 bits per heavy atom. The van der Waals surface area contributed by atoms with E-state index < -0.39 is 0 Å². The molecule has 146 valence electrons. The van der Waals surface area contributed by atoms with Gasteiger partial charge in [-0.15, -0.1) is 0 Å². The highest BCUT2D eigenvalue weighted by Crippen LogP contribution is 2.29. The van der Waals surface area contributed by atoms with Crippen molar-refractivity contribution < 1.29 is 13.9 Å². The molecule has 0 radical (unpaired) electrons. The van der Waals surface area contributed by atoms with E-state index >= 15 is 0 Å². The number of piperidine rings is 1. The Labute approximate surface area is 161 Å². The van der Waals surface area contributed by atoms with Gasteiger partial charge in [0.05, 0.1) is 13.4 Å². The summed E-state index contributed by atoms with van der Waals surface area (Å²) >= 11 is 0. The number of benzene rings is 1. The van der Waals surface area contributed by atoms with Crippen molar-refractivity contribution >= 4 is 11.6 Å². The fourth-order valence-corrected chi connectivity index (χ4v) is 3.62. The second kappa shape index (κ2) is 9.09. The lowest BCUT2D eigenvalue weighted by molar-refractivity contribution is 0.0932. The van der Waals surface area contributed by atoms with Crippen molar-refractivity contribution in [2.75, 3.05) is 31.6 Å². The van der Waals surface area contributed by atoms with Gasteiger partial charge in [-0.3, -0.25) is 4.79 Å². The van der Waals surface area contributed by atoms with Crippen LogP contribution in [-0.2, 0) is 0 Å². The molecule has 0 atom stereocenters. The number of hydrogen-bond acceptors (Lipinski definition) is 4. The molecule has 1 aromatic carbocycles. The predicted molar refractivity (Wildman–Crippen MR) is 107 cm³/mol. The van der Waals surface area contributed by atoms with Crippen LogP contribution in [0.25, 0.3) is 0 Å². The first-order valence-electron chi connectivity index (χ1n) is 9.82. The average Bonchev–Trinajstić information content (AvgIpc) is 3.22. The van der Waals surface area contributed by atoms with Gasteiger partial charge in [-0.25, -0.2) is 0 Å². The van der Waals surface area contributed by atoms with Crippen LogP contribution in [0.1, 0.15) is 43.7 Å². The van der Waals surface area contributed by atoms with E-state index in [1.165, 1.54) is 6.42 Å². The van der Waals surface area contributed by atoms with Crippen molar-refractivity contribution in [1.82, 2.24) is 4.90 Å². The maximum atomic E-state index is 13.2. The van der Waals surface area contributed by atoms with Gasteiger partial charge in [0.1, 0.15) is 5.75 Å². The van der Waals surface area contributed by atoms with E-state index in [0.29, 0.717) is 5.76 Å². The average molecular weight is 370 g/mol. The summed E-state index contributed by atoms with van der Waals surface area (Å²) < 4.78 is 10.8. The Kier molecular flexibility index (Phi) is 6.56. The molecule has 1 amide bonds. The molecule has 0 N–H and O–H groups in total. The largest absolute Gasteiger partial charge is 0.497 e. The van der Waals surface area contributed by atoms with E-state index in [9.17, 15) is 4.79 Å². The number of likely N-dealkylation sites (tertiary alicyclic amines) is 1. The van der Waals surface area contributed by atoms with Gasteiger partial charge in [0, 0.05) is 30.9 Å². The minimum Gasteiger partial charge on any atom is -0.497 e. The number of rotatable bonds is 7. The number of furan rings is 1. The third-order valence-corrected chi connectivity index (χ3v) is 5.23. The summed E-state index contributed by atoms with van der Waals surface area (Å²) in [4.78, 5) is 17.6. The molecule has 2 heterocycles. The van der Waals surface area contributed by atoms with Crippen molar-refractivity contribution in [3.8, 4) is 5.75 Å². The second-order valence-corrected chi connectivity index (χ2v) is 7.61. The van der Waals surface area contributed by atoms with Crippen molar-refractivity contribution in [3.05, 3.63) is 48.4 Å². The highest BCUT2D eigenvalue weighted by atomic mass is 16.5. The number of amides is 1. The van der Waals surface area contributed by atoms with Crippen molar-refractivity contribution in [3.63, 3.8) is 0 Å². The van der Waals surface area contributed by atoms with E-state index in [-0.39, 0.29) is 11.9 Å². The zero-order valence-electron chi connectivity index (χ0n) is 16.6. The topological polar surface area (TPSA) is 45.9 Å². The first-order chi connectivity index (χ1) is 13.1. The number of hydrogen-bond donors (Lipinski definition) is 0. The summed E-state index contributed by atoms with van der Waals surface area (Å²) in [7, 11) is 1.64. The lowest BCUT2D eigenvalue weighted by atomic mass is 10.0. The van der Waals surface area contributed by atoms with Gasteiger partial charge in [-0.1, -0.05) is 19.9 Å². The highest BCUT2D eigenvalue weighted by molar-refractivity contribution is 6.04. The van der Waals surface area contributed by atoms with Gasteiger partial charge < -0.3 is 19.0 Å². The molecule has 5 nitrogen and oxygen atoms in total. The fraction of sp³-hybridized carbons (Fsp3) is 0.500. The SMILES string of the molecule is COc1cccc(N(C(=O)c2ccco2)C2CCN(CCC(C)C)CC2)c1. The number of methoxy groups -OCH3 is 1. The molecule has 5 heteroatoms. The molecule has 27 heavy (non-hydrogen) atoms. The van der Waals surface area contributed by atoms with E-state index in [1.807, 2.05) is 29.2 Å². The van der Waals surface area contributed by atoms with Crippen LogP contribution in [0.15, 0.2) is 47.1 Å². The molecule has 3 rings (SSSR count). The molecular weight excluding hydrogens is 340 g/mol. The van der Waals surface area contributed by atoms with Crippen molar-refractivity contribution in [2.24, 2.45) is 5.92 Å². The Morgan fingerprint density at radius 3 is 2.67 bits per heavy atom. The molecule has 1 aliphatic rings. The summed E-state index contributed by atoms with van der Waals surface area (Å²) in [6.45, 7) is 7.70. The van der Waals surface area contributed by atoms with Gasteiger partial charge in [0.15, 0.2) is 5.76 Å². The van der Waals surface area contributed by atoms with Gasteiger partial charge in [0.25, 0.3) is 5.91 Å². The third-order valence-electron chi connectivity index (χ3n) is 5.23. The van der Waals surface area contributed by atoms with Crippen LogP contribution in [0.2, 0.25) is 0 Å². The Bertz CT molecular complexity index is 719. The first-order valence-corrected chi connectivity index (χ1v) is 9.82. The van der Waals surface area contributed by atoms with Crippen LogP contribution in [0, 0.1) is 5.92 Å². The van der Waals surface area contributed by atoms with E-state index in [4.69, 9.17) is 9.15 Å². The molecule has 1 aliphatic heterocycles. The summed E-state index contributed by atoms with van der Waals surface area (Å²) in [6, 6.07) is 11.4. The molecule has 1 aromatic heterocycles. The number of ether oxygens (including phenoxy) is 1. The molecule has 0 bridgehead atoms. The molecule has 0 spiro atoms. The van der Waals surface area contributed by atoms with E-state index in [0.717, 1.165) is 49.8 Å². The highest BCUT2D eigenvalue weighted by Gasteiger charge is 2.31. The van der Waals surface area contributed by atoms with Gasteiger partial charge in [0.2, 0.25) is 0 Å². The zero-order valence-corrected chi connectivity index (χ0v) is 16.6. The predicted octanol–water partition coefficient (Wildman–Crippen LogP) is 4.45. The van der Waals surface area contributed by atoms with Gasteiger partial charge >= 0.3 is 0 Å². The van der Waals surface area contributed by atoms with Crippen LogP contribution >= 0.6 is 0 Å². The summed E-state index contributed by atoms with van der Waals surface area (Å²) in [5, 5.41) is 0. The monoisotopic (exact) mass is 370 g/mol. The summed E-state index contributed by atoms with van der Waals surface area (Å²) in [5.74, 6) is 1.75. The third kappa shape index (κ3) is 4.92. The number of nitrogens with zero attached hydrogens (tertiary/aromatic N) is 2. The maximum Gasteiger partial charge on any atom is 0.294 e. The van der Waals surface area contributed by atoms with Crippen LogP contribution in [0.3, 0.4) is 0 Å². The minimum atomic E-state index is -0.0890. The maximum absolute atomic E-state index is 13.2. The zero-order chi connectivity index (χ0) is 19.2. The van der Waals surface area contributed by atoms with Crippen LogP contribution < -0.4 is 9.64 Å². The number of carbonyl (C=O) groups is 1. The minimum absolute atomic E-state index is 0.0890. The Hall–Kier alpha value is -2.27. The van der Waals surface area contributed by atoms with Gasteiger partial charge in [-0.05, 0) is 56.0 Å². The lowest BCUT2D eigenvalue weighted by Crippen LogP contribution is -2.48. The first kappa shape index (κ1) is 19.5. The van der Waals surface area contributed by atoms with E-state index in [1.54, 1.807) is 25.5 Å². The fourth-order valence-electron chi connectivity index (χ4n) is 3.62. The normalized spacial score (nSPS) is 15.9. The molecule has 1 saturated heterocycles. The van der Waals surface area contributed by atoms with Crippen LogP contribution in [0.4, 0.5) is 5.69 Å². The van der Waals surface area contributed by atoms with E-state index in [2.05, 4.69) is 18.7 Å². The van der Waals surface area contributed by atoms with Crippen LogP contribution in [0.5, 0.6) is 5.75 Å². The number of anilines is 1. The summed E-state index contributed by atoms with van der Waals surface area (Å²) in [5.41, 5.74) is 0.858. The van der Waals surface area contributed by atoms with Gasteiger partial charge in [-0.2, -0.15) is 0 Å². The summed E-state index contributed by atoms with van der Waals surface area (Å²) in [6.07, 6.45) is 4.69.